The Labute approximate surface area is 104 Å². The van der Waals surface area contributed by atoms with Crippen molar-refractivity contribution in [2.45, 2.75) is 6.92 Å². The quantitative estimate of drug-likeness (QED) is 0.658. The Morgan fingerprint density at radius 1 is 1.71 bits per heavy atom. The van der Waals surface area contributed by atoms with E-state index in [2.05, 4.69) is 41.8 Å². The van der Waals surface area contributed by atoms with Gasteiger partial charge in [-0.15, -0.1) is 0 Å². The van der Waals surface area contributed by atoms with E-state index >= 15 is 0 Å². The molecule has 0 bridgehead atoms. The molecule has 2 heterocycles. The maximum absolute atomic E-state index is 11.5. The Kier molecular flexibility index (Phi) is 3.33. The van der Waals surface area contributed by atoms with E-state index in [1.807, 2.05) is 0 Å². The fourth-order valence-corrected chi connectivity index (χ4v) is 1.35. The van der Waals surface area contributed by atoms with Crippen molar-refractivity contribution >= 4 is 28.1 Å². The SMILES string of the molecule is Cc1cc(C(=O)NN=Cc2[nH]ncc2Br)no1. The van der Waals surface area contributed by atoms with E-state index in [1.165, 1.54) is 12.3 Å². The molecule has 0 radical (unpaired) electrons. The number of carbonyl (C=O) groups is 1. The lowest BCUT2D eigenvalue weighted by Gasteiger charge is -1.93. The number of aryl methyl sites for hydroxylation is 1. The van der Waals surface area contributed by atoms with Gasteiger partial charge in [0.05, 0.1) is 22.6 Å². The highest BCUT2D eigenvalue weighted by Crippen LogP contribution is 2.09. The van der Waals surface area contributed by atoms with Crippen LogP contribution in [-0.4, -0.2) is 27.5 Å². The van der Waals surface area contributed by atoms with Crippen LogP contribution in [0.2, 0.25) is 0 Å². The molecule has 0 saturated heterocycles. The van der Waals surface area contributed by atoms with Gasteiger partial charge in [-0.1, -0.05) is 5.16 Å². The number of aromatic amines is 1. The number of rotatable bonds is 3. The van der Waals surface area contributed by atoms with Gasteiger partial charge < -0.3 is 4.52 Å². The number of carbonyl (C=O) groups excluding carboxylic acids is 1. The first-order valence-corrected chi connectivity index (χ1v) is 5.41. The molecule has 2 aromatic rings. The zero-order chi connectivity index (χ0) is 12.3. The third-order valence-corrected chi connectivity index (χ3v) is 2.47. The van der Waals surface area contributed by atoms with Crippen molar-refractivity contribution in [3.63, 3.8) is 0 Å². The van der Waals surface area contributed by atoms with E-state index in [4.69, 9.17) is 4.52 Å². The lowest BCUT2D eigenvalue weighted by molar-refractivity contribution is 0.0946. The molecule has 0 spiro atoms. The number of halogens is 1. The van der Waals surface area contributed by atoms with Crippen LogP contribution in [0.1, 0.15) is 21.9 Å². The summed E-state index contributed by atoms with van der Waals surface area (Å²) >= 11 is 3.26. The highest BCUT2D eigenvalue weighted by molar-refractivity contribution is 9.10. The Bertz CT molecular complexity index is 559. The van der Waals surface area contributed by atoms with E-state index < -0.39 is 5.91 Å². The predicted octanol–water partition coefficient (Wildman–Crippen LogP) is 1.23. The number of aromatic nitrogens is 3. The Morgan fingerprint density at radius 2 is 2.53 bits per heavy atom. The average Bonchev–Trinajstić information content (AvgIpc) is 2.88. The summed E-state index contributed by atoms with van der Waals surface area (Å²) in [6, 6.07) is 1.52. The van der Waals surface area contributed by atoms with E-state index in [-0.39, 0.29) is 5.69 Å². The van der Waals surface area contributed by atoms with Gasteiger partial charge in [0.2, 0.25) is 0 Å². The van der Waals surface area contributed by atoms with Crippen molar-refractivity contribution in [3.8, 4) is 0 Å². The second-order valence-corrected chi connectivity index (χ2v) is 4.01. The lowest BCUT2D eigenvalue weighted by Crippen LogP contribution is -2.17. The van der Waals surface area contributed by atoms with Gasteiger partial charge in [0, 0.05) is 6.07 Å². The normalized spacial score (nSPS) is 10.9. The van der Waals surface area contributed by atoms with Crippen LogP contribution in [0, 0.1) is 6.92 Å². The molecule has 17 heavy (non-hydrogen) atoms. The summed E-state index contributed by atoms with van der Waals surface area (Å²) in [6.45, 7) is 1.70. The lowest BCUT2D eigenvalue weighted by atomic mass is 10.4. The van der Waals surface area contributed by atoms with E-state index in [1.54, 1.807) is 13.1 Å². The topological polar surface area (TPSA) is 96.2 Å². The number of nitrogens with zero attached hydrogens (tertiary/aromatic N) is 3. The number of nitrogens with one attached hydrogen (secondary N) is 2. The first-order valence-electron chi connectivity index (χ1n) is 4.62. The van der Waals surface area contributed by atoms with Crippen LogP contribution < -0.4 is 5.43 Å². The second kappa shape index (κ2) is 4.91. The van der Waals surface area contributed by atoms with Crippen molar-refractivity contribution in [1.82, 2.24) is 20.8 Å². The minimum Gasteiger partial charge on any atom is -0.361 e. The summed E-state index contributed by atoms with van der Waals surface area (Å²) in [7, 11) is 0. The summed E-state index contributed by atoms with van der Waals surface area (Å²) in [5, 5.41) is 13.8. The molecule has 2 N–H and O–H groups in total. The van der Waals surface area contributed by atoms with Crippen LogP contribution in [-0.2, 0) is 0 Å². The highest BCUT2D eigenvalue weighted by Gasteiger charge is 2.09. The molecular weight excluding hydrogens is 290 g/mol. The first-order chi connectivity index (χ1) is 8.16. The van der Waals surface area contributed by atoms with Gasteiger partial charge in [0.25, 0.3) is 5.91 Å². The zero-order valence-electron chi connectivity index (χ0n) is 8.77. The minimum absolute atomic E-state index is 0.184. The molecule has 0 saturated carbocycles. The number of hydrogen-bond acceptors (Lipinski definition) is 5. The fourth-order valence-electron chi connectivity index (χ4n) is 1.06. The summed E-state index contributed by atoms with van der Waals surface area (Å²) in [6.07, 6.45) is 3.02. The van der Waals surface area contributed by atoms with Crippen molar-refractivity contribution in [2.75, 3.05) is 0 Å². The van der Waals surface area contributed by atoms with Crippen molar-refractivity contribution in [2.24, 2.45) is 5.10 Å². The van der Waals surface area contributed by atoms with Gasteiger partial charge in [-0.2, -0.15) is 10.2 Å². The van der Waals surface area contributed by atoms with E-state index in [0.717, 1.165) is 4.47 Å². The molecule has 0 aliphatic carbocycles. The maximum Gasteiger partial charge on any atom is 0.293 e. The van der Waals surface area contributed by atoms with Crippen LogP contribution in [0.5, 0.6) is 0 Å². The third kappa shape index (κ3) is 2.78. The summed E-state index contributed by atoms with van der Waals surface area (Å²) in [4.78, 5) is 11.5. The number of hydrogen-bond donors (Lipinski definition) is 2. The zero-order valence-corrected chi connectivity index (χ0v) is 10.4. The van der Waals surface area contributed by atoms with Gasteiger partial charge >= 0.3 is 0 Å². The van der Waals surface area contributed by atoms with Gasteiger partial charge in [-0.05, 0) is 22.9 Å². The number of hydrazone groups is 1. The molecular formula is C9H8BrN5O2. The van der Waals surface area contributed by atoms with Crippen molar-refractivity contribution < 1.29 is 9.32 Å². The van der Waals surface area contributed by atoms with E-state index in [9.17, 15) is 4.79 Å². The molecule has 8 heteroatoms. The van der Waals surface area contributed by atoms with Crippen LogP contribution in [0.15, 0.2) is 26.4 Å². The van der Waals surface area contributed by atoms with E-state index in [0.29, 0.717) is 11.5 Å². The fraction of sp³-hybridized carbons (Fsp3) is 0.111. The Balaban J connectivity index is 1.97. The summed E-state index contributed by atoms with van der Waals surface area (Å²) in [5.41, 5.74) is 3.16. The molecule has 0 unspecified atom stereocenters. The molecule has 0 aromatic carbocycles. The second-order valence-electron chi connectivity index (χ2n) is 3.15. The largest absolute Gasteiger partial charge is 0.361 e. The van der Waals surface area contributed by atoms with Gasteiger partial charge in [-0.3, -0.25) is 9.89 Å². The van der Waals surface area contributed by atoms with Crippen LogP contribution in [0.3, 0.4) is 0 Å². The third-order valence-electron chi connectivity index (χ3n) is 1.84. The standard InChI is InChI=1S/C9H8BrN5O2/c1-5-2-7(15-17-5)9(16)14-12-4-8-6(10)3-11-13-8/h2-4H,1H3,(H,11,13)(H,14,16). The number of amides is 1. The molecule has 1 amide bonds. The Morgan fingerprint density at radius 3 is 3.12 bits per heavy atom. The molecule has 7 nitrogen and oxygen atoms in total. The molecule has 2 rings (SSSR count). The molecule has 0 aliphatic heterocycles. The molecule has 2 aromatic heterocycles. The highest BCUT2D eigenvalue weighted by atomic mass is 79.9. The van der Waals surface area contributed by atoms with Gasteiger partial charge in [0.15, 0.2) is 5.69 Å². The minimum atomic E-state index is -0.436. The predicted molar refractivity (Wildman–Crippen MR) is 62.6 cm³/mol. The van der Waals surface area contributed by atoms with Crippen LogP contribution >= 0.6 is 15.9 Å². The van der Waals surface area contributed by atoms with Gasteiger partial charge in [-0.25, -0.2) is 5.43 Å². The molecule has 0 atom stereocenters. The van der Waals surface area contributed by atoms with Gasteiger partial charge in [0.1, 0.15) is 5.76 Å². The average molecular weight is 298 g/mol. The maximum atomic E-state index is 11.5. The summed E-state index contributed by atoms with van der Waals surface area (Å²) < 4.78 is 5.53. The molecule has 0 fully saturated rings. The monoisotopic (exact) mass is 297 g/mol. The van der Waals surface area contributed by atoms with Crippen LogP contribution in [0.25, 0.3) is 0 Å². The van der Waals surface area contributed by atoms with Crippen molar-refractivity contribution in [3.05, 3.63) is 33.9 Å². The summed E-state index contributed by atoms with van der Waals surface area (Å²) in [5.74, 6) is 0.129. The molecule has 88 valence electrons. The smallest absolute Gasteiger partial charge is 0.293 e. The Hall–Kier alpha value is -1.96. The van der Waals surface area contributed by atoms with Crippen LogP contribution in [0.4, 0.5) is 0 Å². The molecule has 0 aliphatic rings. The van der Waals surface area contributed by atoms with Crippen molar-refractivity contribution in [1.29, 1.82) is 0 Å². The first kappa shape index (κ1) is 11.5. The number of H-pyrrole nitrogens is 1.